The van der Waals surface area contributed by atoms with Crippen LogP contribution in [-0.2, 0) is 28.0 Å². The minimum Gasteiger partial charge on any atom is -0.460 e. The molecule has 0 aliphatic heterocycles. The van der Waals surface area contributed by atoms with Crippen molar-refractivity contribution in [3.05, 3.63) is 65.0 Å². The van der Waals surface area contributed by atoms with E-state index in [0.29, 0.717) is 18.4 Å². The first kappa shape index (κ1) is 29.3. The number of nitrogens with one attached hydrogen (secondary N) is 1. The number of ether oxygens (including phenoxy) is 1. The summed E-state index contributed by atoms with van der Waals surface area (Å²) in [5.74, 6) is 1.17. The third kappa shape index (κ3) is 3.91. The van der Waals surface area contributed by atoms with Crippen LogP contribution in [0.5, 0.6) is 0 Å². The Balaban J connectivity index is 1.27. The molecule has 8 atom stereocenters. The molecule has 3 saturated carbocycles. The summed E-state index contributed by atoms with van der Waals surface area (Å²) in [6.07, 6.45) is 14.0. The Morgan fingerprint density at radius 2 is 1.74 bits per heavy atom. The summed E-state index contributed by atoms with van der Waals surface area (Å²) in [4.78, 5) is 14.2. The molecule has 5 aliphatic rings. The van der Waals surface area contributed by atoms with E-state index in [1.54, 1.807) is 5.57 Å². The van der Waals surface area contributed by atoms with E-state index in [1.165, 1.54) is 5.56 Å². The molecule has 7 rings (SSSR count). The summed E-state index contributed by atoms with van der Waals surface area (Å²) < 4.78 is 6.19. The number of allylic oxidation sites excluding steroid dienone is 2. The van der Waals surface area contributed by atoms with Crippen LogP contribution in [0.15, 0.2) is 48.2 Å². The van der Waals surface area contributed by atoms with Crippen LogP contribution in [-0.4, -0.2) is 27.9 Å². The molecular weight excluding hydrogens is 532 g/mol. The van der Waals surface area contributed by atoms with Gasteiger partial charge in [-0.3, -0.25) is 9.89 Å². The van der Waals surface area contributed by atoms with Crippen molar-refractivity contribution in [3.8, 4) is 0 Å². The molecule has 232 valence electrons. The summed E-state index contributed by atoms with van der Waals surface area (Å²) in [6, 6.07) is 10.1. The van der Waals surface area contributed by atoms with Crippen LogP contribution in [0.3, 0.4) is 0 Å². The highest BCUT2D eigenvalue weighted by atomic mass is 16.5. The number of carbonyl (C=O) groups excluding carboxylic acids is 1. The number of rotatable bonds is 4. The van der Waals surface area contributed by atoms with Crippen molar-refractivity contribution in [1.82, 2.24) is 10.2 Å². The van der Waals surface area contributed by atoms with Gasteiger partial charge in [-0.2, -0.15) is 5.10 Å². The van der Waals surface area contributed by atoms with Gasteiger partial charge in [0.2, 0.25) is 0 Å². The Labute approximate surface area is 258 Å². The Bertz CT molecular complexity index is 1440. The number of aliphatic hydroxyl groups is 1. The van der Waals surface area contributed by atoms with Crippen molar-refractivity contribution < 1.29 is 14.6 Å². The smallest absolute Gasteiger partial charge is 0.313 e. The Morgan fingerprint density at radius 3 is 2.49 bits per heavy atom. The van der Waals surface area contributed by atoms with Gasteiger partial charge in [-0.25, -0.2) is 0 Å². The lowest BCUT2D eigenvalue weighted by molar-refractivity contribution is -0.183. The van der Waals surface area contributed by atoms with E-state index in [4.69, 9.17) is 4.74 Å². The topological polar surface area (TPSA) is 75.2 Å². The third-order valence-corrected chi connectivity index (χ3v) is 14.5. The van der Waals surface area contributed by atoms with Gasteiger partial charge >= 0.3 is 5.97 Å². The van der Waals surface area contributed by atoms with Crippen molar-refractivity contribution in [2.45, 2.75) is 111 Å². The zero-order valence-electron chi connectivity index (χ0n) is 27.3. The maximum atomic E-state index is 14.2. The second-order valence-corrected chi connectivity index (χ2v) is 17.0. The zero-order chi connectivity index (χ0) is 30.5. The quantitative estimate of drug-likeness (QED) is 0.283. The minimum atomic E-state index is -0.425. The van der Waals surface area contributed by atoms with Crippen LogP contribution in [0.2, 0.25) is 0 Å². The maximum absolute atomic E-state index is 14.2. The van der Waals surface area contributed by atoms with Crippen molar-refractivity contribution in [1.29, 1.82) is 0 Å². The number of aromatic amines is 1. The van der Waals surface area contributed by atoms with E-state index in [2.05, 4.69) is 57.8 Å². The second kappa shape index (κ2) is 9.55. The molecular formula is C38H52N2O3. The van der Waals surface area contributed by atoms with E-state index in [9.17, 15) is 9.90 Å². The van der Waals surface area contributed by atoms with Crippen LogP contribution in [0.1, 0.15) is 110 Å². The standard InChI is InChI=1S/C38H52N2O3/c1-33(2)16-18-38(32(42)43-23-25-10-8-7-9-11-25)19-17-36(5)27(28(38)21-33)12-13-30-34(3)20-26-22-39-40-31(26)35(4,24-41)29(34)14-15-37(30,36)6/h7-12,22,28-30,41H,13-21,23-24H2,1-6H3,(H,39,40)/t28-,29+,30+,34-,35-,36+,37+,38-/m0/s1. The Kier molecular flexibility index (Phi) is 6.51. The molecule has 0 unspecified atom stereocenters. The summed E-state index contributed by atoms with van der Waals surface area (Å²) >= 11 is 0. The van der Waals surface area contributed by atoms with Gasteiger partial charge in [0.15, 0.2) is 0 Å². The lowest BCUT2D eigenvalue weighted by Gasteiger charge is -2.70. The molecule has 5 aliphatic carbocycles. The normalized spacial score (nSPS) is 42.8. The highest BCUT2D eigenvalue weighted by Crippen LogP contribution is 2.75. The van der Waals surface area contributed by atoms with Crippen LogP contribution in [0, 0.1) is 44.8 Å². The molecule has 1 aromatic carbocycles. The van der Waals surface area contributed by atoms with Crippen molar-refractivity contribution >= 4 is 5.97 Å². The molecule has 5 nitrogen and oxygen atoms in total. The first-order valence-corrected chi connectivity index (χ1v) is 16.9. The molecule has 0 radical (unpaired) electrons. The van der Waals surface area contributed by atoms with Crippen molar-refractivity contribution in [2.24, 2.45) is 44.8 Å². The van der Waals surface area contributed by atoms with Crippen LogP contribution < -0.4 is 0 Å². The SMILES string of the molecule is CC1(C)CC[C@]2(C(=O)OCc3ccccc3)CC[C@]3(C)C(=CC[C@@H]4[C@@]5(C)Cc6cn[nH]c6[C@@](C)(CO)[C@@H]5CC[C@]43C)[C@@H]2C1. The van der Waals surface area contributed by atoms with E-state index < -0.39 is 5.41 Å². The molecule has 43 heavy (non-hydrogen) atoms. The van der Waals surface area contributed by atoms with Gasteiger partial charge < -0.3 is 9.84 Å². The lowest BCUT2D eigenvalue weighted by atomic mass is 9.33. The van der Waals surface area contributed by atoms with Gasteiger partial charge in [0.25, 0.3) is 0 Å². The number of hydrogen-bond donors (Lipinski definition) is 2. The fourth-order valence-electron chi connectivity index (χ4n) is 11.9. The number of fused-ring (bicyclic) bond motifs is 8. The fraction of sp³-hybridized carbons (Fsp3) is 0.684. The summed E-state index contributed by atoms with van der Waals surface area (Å²) in [5, 5.41) is 18.6. The first-order valence-electron chi connectivity index (χ1n) is 16.9. The highest BCUT2D eigenvalue weighted by molar-refractivity contribution is 5.79. The average molecular weight is 585 g/mol. The van der Waals surface area contributed by atoms with E-state index in [1.807, 2.05) is 36.5 Å². The molecule has 2 aromatic rings. The number of H-pyrrole nitrogens is 1. The summed E-state index contributed by atoms with van der Waals surface area (Å²) in [6.45, 7) is 15.3. The predicted octanol–water partition coefficient (Wildman–Crippen LogP) is 7.94. The monoisotopic (exact) mass is 584 g/mol. The van der Waals surface area contributed by atoms with Gasteiger partial charge in [0.05, 0.1) is 18.2 Å². The maximum Gasteiger partial charge on any atom is 0.313 e. The van der Waals surface area contributed by atoms with Gasteiger partial charge in [-0.1, -0.05) is 83.5 Å². The van der Waals surface area contributed by atoms with Crippen molar-refractivity contribution in [2.75, 3.05) is 6.61 Å². The van der Waals surface area contributed by atoms with Gasteiger partial charge in [-0.05, 0) is 108 Å². The molecule has 0 saturated heterocycles. The zero-order valence-corrected chi connectivity index (χ0v) is 27.3. The Morgan fingerprint density at radius 1 is 1.00 bits per heavy atom. The molecule has 1 heterocycles. The van der Waals surface area contributed by atoms with Crippen LogP contribution in [0.25, 0.3) is 0 Å². The largest absolute Gasteiger partial charge is 0.460 e. The first-order chi connectivity index (χ1) is 20.3. The number of hydrogen-bond acceptors (Lipinski definition) is 4. The summed E-state index contributed by atoms with van der Waals surface area (Å²) in [7, 11) is 0. The van der Waals surface area contributed by atoms with Gasteiger partial charge in [0, 0.05) is 11.1 Å². The van der Waals surface area contributed by atoms with Gasteiger partial charge in [0.1, 0.15) is 6.61 Å². The third-order valence-electron chi connectivity index (χ3n) is 14.5. The molecule has 0 spiro atoms. The molecule has 5 heteroatoms. The highest BCUT2D eigenvalue weighted by Gasteiger charge is 2.69. The van der Waals surface area contributed by atoms with Gasteiger partial charge in [-0.15, -0.1) is 0 Å². The van der Waals surface area contributed by atoms with E-state index in [-0.39, 0.29) is 45.6 Å². The number of aliphatic hydroxyl groups excluding tert-OH is 1. The van der Waals surface area contributed by atoms with Crippen LogP contribution in [0.4, 0.5) is 0 Å². The fourth-order valence-corrected chi connectivity index (χ4v) is 11.9. The molecule has 2 N–H and O–H groups in total. The molecule has 1 aromatic heterocycles. The predicted molar refractivity (Wildman–Crippen MR) is 169 cm³/mol. The van der Waals surface area contributed by atoms with Crippen LogP contribution >= 0.6 is 0 Å². The minimum absolute atomic E-state index is 0.0289. The average Bonchev–Trinajstić information content (AvgIpc) is 3.45. The number of esters is 1. The number of benzene rings is 1. The molecule has 3 fully saturated rings. The number of nitrogens with zero attached hydrogens (tertiary/aromatic N) is 1. The summed E-state index contributed by atoms with van der Waals surface area (Å²) in [5.41, 5.74) is 4.78. The lowest BCUT2D eigenvalue weighted by Crippen LogP contribution is -2.65. The van der Waals surface area contributed by atoms with Crippen molar-refractivity contribution in [3.63, 3.8) is 0 Å². The van der Waals surface area contributed by atoms with E-state index in [0.717, 1.165) is 69.0 Å². The number of aromatic nitrogens is 2. The second-order valence-electron chi connectivity index (χ2n) is 17.0. The molecule has 0 amide bonds. The number of carbonyl (C=O) groups is 1. The van der Waals surface area contributed by atoms with E-state index >= 15 is 0 Å². The molecule has 0 bridgehead atoms. The Hall–Kier alpha value is -2.40.